The number of piperazine rings is 1. The van der Waals surface area contributed by atoms with Crippen LogP contribution in [0.4, 0.5) is 23.0 Å². The Morgan fingerprint density at radius 3 is 2.47 bits per heavy atom. The third-order valence-corrected chi connectivity index (χ3v) is 7.52. The first-order valence-electron chi connectivity index (χ1n) is 12.5. The molecule has 4 aromatic rings. The van der Waals surface area contributed by atoms with Crippen molar-refractivity contribution >= 4 is 33.0 Å². The summed E-state index contributed by atoms with van der Waals surface area (Å²) in [6.45, 7) is 6.78. The predicted octanol–water partition coefficient (Wildman–Crippen LogP) is 4.09. The van der Waals surface area contributed by atoms with Gasteiger partial charge in [-0.15, -0.1) is 0 Å². The fourth-order valence-corrected chi connectivity index (χ4v) is 5.48. The van der Waals surface area contributed by atoms with Gasteiger partial charge in [0.1, 0.15) is 0 Å². The number of sulfonamides is 1. The zero-order valence-corrected chi connectivity index (χ0v) is 22.3. The molecule has 1 aliphatic heterocycles. The van der Waals surface area contributed by atoms with Crippen molar-refractivity contribution in [3.05, 3.63) is 90.4 Å². The smallest absolute Gasteiger partial charge is 0.236 e. The Labute approximate surface area is 223 Å². The highest BCUT2D eigenvalue weighted by atomic mass is 32.2. The molecule has 0 aliphatic carbocycles. The van der Waals surface area contributed by atoms with E-state index >= 15 is 0 Å². The number of aryl methyl sites for hydroxylation is 1. The zero-order chi connectivity index (χ0) is 26.5. The van der Waals surface area contributed by atoms with Crippen LogP contribution < -0.4 is 14.9 Å². The van der Waals surface area contributed by atoms with Crippen LogP contribution in [0.3, 0.4) is 0 Å². The van der Waals surface area contributed by atoms with Crippen molar-refractivity contribution in [2.75, 3.05) is 42.1 Å². The maximum absolute atomic E-state index is 12.9. The molecule has 0 bridgehead atoms. The maximum Gasteiger partial charge on any atom is 0.236 e. The molecule has 10 heteroatoms. The molecule has 1 aliphatic rings. The van der Waals surface area contributed by atoms with Crippen LogP contribution in [0.25, 0.3) is 11.3 Å². The number of nitrogens with one attached hydrogen (secondary N) is 2. The second kappa shape index (κ2) is 11.3. The van der Waals surface area contributed by atoms with Gasteiger partial charge in [0.05, 0.1) is 23.3 Å². The van der Waals surface area contributed by atoms with Gasteiger partial charge >= 0.3 is 0 Å². The number of rotatable bonds is 8. The fourth-order valence-electron chi connectivity index (χ4n) is 4.48. The van der Waals surface area contributed by atoms with Crippen LogP contribution >= 0.6 is 0 Å². The summed E-state index contributed by atoms with van der Waals surface area (Å²) in [7, 11) is -3.61. The molecular formula is C28H31N7O2S. The number of aromatic nitrogens is 3. The Morgan fingerprint density at radius 2 is 1.76 bits per heavy atom. The molecule has 2 aromatic carbocycles. The molecule has 0 saturated carbocycles. The van der Waals surface area contributed by atoms with E-state index in [9.17, 15) is 8.42 Å². The van der Waals surface area contributed by atoms with Crippen molar-refractivity contribution in [3.8, 4) is 11.3 Å². The van der Waals surface area contributed by atoms with Crippen LogP contribution in [0, 0.1) is 6.92 Å². The Kier molecular flexibility index (Phi) is 7.64. The largest absolute Gasteiger partial charge is 0.324 e. The zero-order valence-electron chi connectivity index (χ0n) is 21.5. The number of anilines is 4. The molecule has 196 valence electrons. The predicted molar refractivity (Wildman–Crippen MR) is 151 cm³/mol. The molecule has 9 nitrogen and oxygen atoms in total. The maximum atomic E-state index is 12.9. The van der Waals surface area contributed by atoms with Gasteiger partial charge in [-0.25, -0.2) is 22.7 Å². The molecule has 0 atom stereocenters. The van der Waals surface area contributed by atoms with Crippen LogP contribution in [0.2, 0.25) is 0 Å². The van der Waals surface area contributed by atoms with E-state index in [1.165, 1.54) is 10.6 Å². The lowest BCUT2D eigenvalue weighted by molar-refractivity contribution is 0.233. The summed E-state index contributed by atoms with van der Waals surface area (Å²) in [5, 5.41) is 6.62. The van der Waals surface area contributed by atoms with Gasteiger partial charge in [-0.05, 0) is 60.5 Å². The molecular weight excluding hydrogens is 498 g/mol. The van der Waals surface area contributed by atoms with E-state index in [0.717, 1.165) is 60.8 Å². The molecule has 0 spiro atoms. The molecule has 1 saturated heterocycles. The minimum atomic E-state index is -3.61. The topological polar surface area (TPSA) is 103 Å². The third kappa shape index (κ3) is 6.16. The van der Waals surface area contributed by atoms with Crippen molar-refractivity contribution in [2.24, 2.45) is 0 Å². The van der Waals surface area contributed by atoms with Gasteiger partial charge < -0.3 is 10.6 Å². The lowest BCUT2D eigenvalue weighted by Crippen LogP contribution is -2.42. The second-order valence-corrected chi connectivity index (χ2v) is 11.2. The Bertz CT molecular complexity index is 1490. The van der Waals surface area contributed by atoms with Crippen molar-refractivity contribution in [1.29, 1.82) is 0 Å². The molecule has 2 N–H and O–H groups in total. The molecule has 2 aromatic heterocycles. The highest BCUT2D eigenvalue weighted by molar-refractivity contribution is 7.92. The summed E-state index contributed by atoms with van der Waals surface area (Å²) in [4.78, 5) is 15.5. The number of nitrogens with zero attached hydrogens (tertiary/aromatic N) is 5. The lowest BCUT2D eigenvalue weighted by atomic mass is 10.1. The van der Waals surface area contributed by atoms with Crippen LogP contribution in [-0.2, 0) is 16.6 Å². The highest BCUT2D eigenvalue weighted by Gasteiger charge is 2.21. The fraction of sp³-hybridized carbons (Fsp3) is 0.250. The van der Waals surface area contributed by atoms with E-state index < -0.39 is 10.0 Å². The van der Waals surface area contributed by atoms with Gasteiger partial charge in [0.15, 0.2) is 0 Å². The van der Waals surface area contributed by atoms with E-state index in [1.807, 2.05) is 67.6 Å². The van der Waals surface area contributed by atoms with Crippen molar-refractivity contribution in [2.45, 2.75) is 13.5 Å². The van der Waals surface area contributed by atoms with Gasteiger partial charge in [-0.3, -0.25) is 9.88 Å². The van der Waals surface area contributed by atoms with Crippen molar-refractivity contribution < 1.29 is 8.42 Å². The van der Waals surface area contributed by atoms with Crippen LogP contribution in [0.15, 0.2) is 79.3 Å². The highest BCUT2D eigenvalue weighted by Crippen LogP contribution is 2.33. The monoisotopic (exact) mass is 529 g/mol. The minimum absolute atomic E-state index is 0.412. The van der Waals surface area contributed by atoms with Crippen molar-refractivity contribution in [1.82, 2.24) is 25.2 Å². The van der Waals surface area contributed by atoms with Gasteiger partial charge in [0.2, 0.25) is 16.0 Å². The first-order chi connectivity index (χ1) is 18.4. The molecule has 1 fully saturated rings. The SMILES string of the molecule is Cc1ccc(N(c2ccc(CN3CCNCC3)cc2)S(C)(=O)=O)cc1Nc1nccc(-c2cccnc2)n1. The molecule has 0 radical (unpaired) electrons. The third-order valence-electron chi connectivity index (χ3n) is 6.43. The second-order valence-electron chi connectivity index (χ2n) is 9.35. The summed E-state index contributed by atoms with van der Waals surface area (Å²) >= 11 is 0. The molecule has 5 rings (SSSR count). The van der Waals surface area contributed by atoms with Crippen LogP contribution in [-0.4, -0.2) is 60.7 Å². The summed E-state index contributed by atoms with van der Waals surface area (Å²) in [6, 6.07) is 18.9. The van der Waals surface area contributed by atoms with E-state index in [4.69, 9.17) is 0 Å². The minimum Gasteiger partial charge on any atom is -0.324 e. The van der Waals surface area contributed by atoms with E-state index in [1.54, 1.807) is 18.6 Å². The van der Waals surface area contributed by atoms with Gasteiger partial charge in [0, 0.05) is 62.6 Å². The van der Waals surface area contributed by atoms with E-state index in [-0.39, 0.29) is 0 Å². The first-order valence-corrected chi connectivity index (χ1v) is 14.3. The van der Waals surface area contributed by atoms with Crippen LogP contribution in [0.1, 0.15) is 11.1 Å². The Hall–Kier alpha value is -3.86. The van der Waals surface area contributed by atoms with E-state index in [2.05, 4.69) is 30.5 Å². The van der Waals surface area contributed by atoms with Crippen LogP contribution in [0.5, 0.6) is 0 Å². The average Bonchev–Trinajstić information content (AvgIpc) is 2.92. The number of pyridine rings is 1. The summed E-state index contributed by atoms with van der Waals surface area (Å²) in [5.41, 5.74) is 5.54. The Morgan fingerprint density at radius 1 is 1.00 bits per heavy atom. The van der Waals surface area contributed by atoms with Gasteiger partial charge in [-0.2, -0.15) is 0 Å². The van der Waals surface area contributed by atoms with Crippen molar-refractivity contribution in [3.63, 3.8) is 0 Å². The summed E-state index contributed by atoms with van der Waals surface area (Å²) in [6.07, 6.45) is 6.36. The normalized spacial score (nSPS) is 14.3. The summed E-state index contributed by atoms with van der Waals surface area (Å²) in [5.74, 6) is 0.412. The number of benzene rings is 2. The standard InChI is InChI=1S/C28H31N7O2S/c1-21-5-8-25(18-27(21)33-28-31-13-11-26(32-28)23-4-3-12-30-19-23)35(38(2,36)37)24-9-6-22(7-10-24)20-34-16-14-29-15-17-34/h3-13,18-19,29H,14-17,20H2,1-2H3,(H,31,32,33). The lowest BCUT2D eigenvalue weighted by Gasteiger charge is -2.27. The van der Waals surface area contributed by atoms with Gasteiger partial charge in [-0.1, -0.05) is 18.2 Å². The summed E-state index contributed by atoms with van der Waals surface area (Å²) < 4.78 is 27.3. The quantitative estimate of drug-likeness (QED) is 0.352. The van der Waals surface area contributed by atoms with Gasteiger partial charge in [0.25, 0.3) is 0 Å². The molecule has 0 amide bonds. The molecule has 38 heavy (non-hydrogen) atoms. The first kappa shape index (κ1) is 25.8. The number of hydrogen-bond donors (Lipinski definition) is 2. The molecule has 3 heterocycles. The van der Waals surface area contributed by atoms with E-state index in [0.29, 0.717) is 17.3 Å². The number of hydrogen-bond acceptors (Lipinski definition) is 8. The molecule has 0 unspecified atom stereocenters. The average molecular weight is 530 g/mol. The Balaban J connectivity index is 1.41.